The molecule has 3 nitrogen and oxygen atoms in total. The molecular weight excluding hydrogens is 312 g/mol. The van der Waals surface area contributed by atoms with Crippen LogP contribution in [0, 0.1) is 11.8 Å². The maximum absolute atomic E-state index is 10.5. The maximum Gasteiger partial charge on any atom is 0.0991 e. The van der Waals surface area contributed by atoms with E-state index >= 15 is 0 Å². The zero-order valence-corrected chi connectivity index (χ0v) is 15.7. The summed E-state index contributed by atoms with van der Waals surface area (Å²) >= 11 is 0. The van der Waals surface area contributed by atoms with Crippen molar-refractivity contribution in [2.45, 2.75) is 89.6 Å². The van der Waals surface area contributed by atoms with E-state index in [2.05, 4.69) is 32.1 Å². The molecule has 25 heavy (non-hydrogen) atoms. The minimum atomic E-state index is -0.559. The van der Waals surface area contributed by atoms with Crippen molar-refractivity contribution >= 4 is 0 Å². The summed E-state index contributed by atoms with van der Waals surface area (Å²) in [5.41, 5.74) is 2.45. The molecular formula is C22H34O3. The predicted molar refractivity (Wildman–Crippen MR) is 101 cm³/mol. The number of rotatable bonds is 7. The van der Waals surface area contributed by atoms with Crippen molar-refractivity contribution in [3.05, 3.63) is 35.5 Å². The summed E-state index contributed by atoms with van der Waals surface area (Å²) in [6, 6.07) is 0. The molecule has 0 radical (unpaired) electrons. The fourth-order valence-corrected chi connectivity index (χ4v) is 4.66. The van der Waals surface area contributed by atoms with Crippen molar-refractivity contribution in [2.75, 3.05) is 0 Å². The highest BCUT2D eigenvalue weighted by Crippen LogP contribution is 2.46. The number of unbranched alkanes of at least 4 members (excludes halogenated alkanes) is 5. The minimum absolute atomic E-state index is 0.0205. The van der Waals surface area contributed by atoms with Gasteiger partial charge in [-0.2, -0.15) is 0 Å². The summed E-state index contributed by atoms with van der Waals surface area (Å²) in [7, 11) is 0. The molecule has 2 aliphatic carbocycles. The number of fused-ring (bicyclic) bond motifs is 3. The van der Waals surface area contributed by atoms with Gasteiger partial charge in [-0.05, 0) is 44.1 Å². The van der Waals surface area contributed by atoms with E-state index in [0.717, 1.165) is 12.8 Å². The lowest BCUT2D eigenvalue weighted by Gasteiger charge is -2.42. The average Bonchev–Trinajstić information content (AvgIpc) is 2.95. The molecule has 0 aromatic rings. The first kappa shape index (κ1) is 18.9. The van der Waals surface area contributed by atoms with E-state index in [1.54, 1.807) is 0 Å². The molecule has 1 saturated carbocycles. The molecule has 0 unspecified atom stereocenters. The quantitative estimate of drug-likeness (QED) is 0.533. The van der Waals surface area contributed by atoms with Crippen molar-refractivity contribution in [3.8, 4) is 0 Å². The van der Waals surface area contributed by atoms with E-state index in [-0.39, 0.29) is 24.2 Å². The van der Waals surface area contributed by atoms with Gasteiger partial charge in [-0.3, -0.25) is 0 Å². The average molecular weight is 347 g/mol. The third-order valence-corrected chi connectivity index (χ3v) is 6.03. The first-order valence-electron chi connectivity index (χ1n) is 10.2. The van der Waals surface area contributed by atoms with Crippen molar-refractivity contribution in [1.82, 2.24) is 0 Å². The Hall–Kier alpha value is -0.900. The molecule has 0 aromatic heterocycles. The zero-order chi connectivity index (χ0) is 17.8. The van der Waals surface area contributed by atoms with E-state index < -0.39 is 6.10 Å². The highest BCUT2D eigenvalue weighted by Gasteiger charge is 2.45. The van der Waals surface area contributed by atoms with Gasteiger partial charge < -0.3 is 14.9 Å². The highest BCUT2D eigenvalue weighted by atomic mass is 16.5. The second-order valence-corrected chi connectivity index (χ2v) is 8.07. The molecule has 1 fully saturated rings. The Kier molecular flexibility index (Phi) is 6.54. The van der Waals surface area contributed by atoms with Crippen LogP contribution in [-0.2, 0) is 4.74 Å². The summed E-state index contributed by atoms with van der Waals surface area (Å²) in [5.74, 6) is 0.535. The molecule has 0 spiro atoms. The molecule has 3 rings (SSSR count). The molecule has 0 saturated heterocycles. The van der Waals surface area contributed by atoms with Gasteiger partial charge in [-0.1, -0.05) is 62.5 Å². The number of aliphatic hydroxyl groups excluding tert-OH is 2. The molecule has 3 aliphatic rings. The lowest BCUT2D eigenvalue weighted by molar-refractivity contribution is -0.0790. The largest absolute Gasteiger partial charge is 0.393 e. The fourth-order valence-electron chi connectivity index (χ4n) is 4.66. The number of aliphatic hydroxyl groups is 2. The van der Waals surface area contributed by atoms with Crippen molar-refractivity contribution in [2.24, 2.45) is 11.8 Å². The lowest BCUT2D eigenvalue weighted by atomic mass is 9.74. The first-order chi connectivity index (χ1) is 12.1. The number of hydrogen-bond acceptors (Lipinski definition) is 3. The number of hydrogen-bond donors (Lipinski definition) is 2. The summed E-state index contributed by atoms with van der Waals surface area (Å²) < 4.78 is 6.27. The molecule has 1 heterocycles. The summed E-state index contributed by atoms with van der Waals surface area (Å²) in [6.45, 7) is 4.37. The number of allylic oxidation sites excluding steroid dienone is 1. The van der Waals surface area contributed by atoms with Gasteiger partial charge in [-0.15, -0.1) is 0 Å². The Balaban J connectivity index is 1.57. The normalized spacial score (nSPS) is 37.6. The monoisotopic (exact) mass is 346 g/mol. The van der Waals surface area contributed by atoms with E-state index in [9.17, 15) is 10.2 Å². The summed E-state index contributed by atoms with van der Waals surface area (Å²) in [5, 5.41) is 20.5. The first-order valence-corrected chi connectivity index (χ1v) is 10.2. The van der Waals surface area contributed by atoms with Crippen LogP contribution in [0.15, 0.2) is 35.5 Å². The summed E-state index contributed by atoms with van der Waals surface area (Å²) in [4.78, 5) is 0. The molecule has 3 heteroatoms. The van der Waals surface area contributed by atoms with Crippen LogP contribution in [0.3, 0.4) is 0 Å². The second-order valence-electron chi connectivity index (χ2n) is 8.07. The predicted octanol–water partition coefficient (Wildman–Crippen LogP) is 4.30. The van der Waals surface area contributed by atoms with Crippen molar-refractivity contribution < 1.29 is 14.9 Å². The third kappa shape index (κ3) is 4.45. The molecule has 6 atom stereocenters. The van der Waals surface area contributed by atoms with Crippen LogP contribution in [-0.4, -0.2) is 34.6 Å². The lowest BCUT2D eigenvalue weighted by Crippen LogP contribution is -2.46. The Morgan fingerprint density at radius 3 is 2.76 bits per heavy atom. The van der Waals surface area contributed by atoms with E-state index in [1.807, 2.05) is 6.08 Å². The highest BCUT2D eigenvalue weighted by molar-refractivity contribution is 5.30. The van der Waals surface area contributed by atoms with E-state index in [4.69, 9.17) is 4.74 Å². The zero-order valence-electron chi connectivity index (χ0n) is 15.7. The van der Waals surface area contributed by atoms with Gasteiger partial charge >= 0.3 is 0 Å². The standard InChI is InChI=1S/C22H34O3/c1-3-4-5-6-7-8-9-10-21-15(2)11-19-18-14-17(23)12-16(18)13-20(24)22(19)25-21/h9-11,13,17-24H,3-8,12,14H2,1-2H3/b10-9+/t17-,18-,19+,20-,21+,22-/m1/s1. The molecule has 0 amide bonds. The van der Waals surface area contributed by atoms with Crippen LogP contribution >= 0.6 is 0 Å². The van der Waals surface area contributed by atoms with Crippen molar-refractivity contribution in [1.29, 1.82) is 0 Å². The Morgan fingerprint density at radius 2 is 1.96 bits per heavy atom. The van der Waals surface area contributed by atoms with E-state index in [0.29, 0.717) is 12.3 Å². The van der Waals surface area contributed by atoms with Crippen LogP contribution in [0.5, 0.6) is 0 Å². The molecule has 0 aromatic carbocycles. The molecule has 140 valence electrons. The number of ether oxygens (including phenoxy) is 1. The Morgan fingerprint density at radius 1 is 1.16 bits per heavy atom. The fraction of sp³-hybridized carbons (Fsp3) is 0.727. The second kappa shape index (κ2) is 8.66. The van der Waals surface area contributed by atoms with Crippen molar-refractivity contribution in [3.63, 3.8) is 0 Å². The topological polar surface area (TPSA) is 49.7 Å². The smallest absolute Gasteiger partial charge is 0.0991 e. The van der Waals surface area contributed by atoms with Gasteiger partial charge in [-0.25, -0.2) is 0 Å². The van der Waals surface area contributed by atoms with Gasteiger partial charge in [0.05, 0.1) is 24.4 Å². The van der Waals surface area contributed by atoms with Crippen LogP contribution < -0.4 is 0 Å². The van der Waals surface area contributed by atoms with Crippen LogP contribution in [0.4, 0.5) is 0 Å². The van der Waals surface area contributed by atoms with Crippen LogP contribution in [0.1, 0.15) is 65.2 Å². The van der Waals surface area contributed by atoms with Gasteiger partial charge in [0.1, 0.15) is 0 Å². The molecule has 0 bridgehead atoms. The Labute approximate surface area is 152 Å². The third-order valence-electron chi connectivity index (χ3n) is 6.03. The van der Waals surface area contributed by atoms with Crippen LogP contribution in [0.25, 0.3) is 0 Å². The van der Waals surface area contributed by atoms with Gasteiger partial charge in [0.15, 0.2) is 0 Å². The Bertz CT molecular complexity index is 533. The molecule has 1 aliphatic heterocycles. The van der Waals surface area contributed by atoms with Gasteiger partial charge in [0, 0.05) is 5.92 Å². The molecule has 2 N–H and O–H groups in total. The van der Waals surface area contributed by atoms with Gasteiger partial charge in [0.2, 0.25) is 0 Å². The van der Waals surface area contributed by atoms with Crippen LogP contribution in [0.2, 0.25) is 0 Å². The van der Waals surface area contributed by atoms with Gasteiger partial charge in [0.25, 0.3) is 0 Å². The maximum atomic E-state index is 10.5. The van der Waals surface area contributed by atoms with E-state index in [1.165, 1.54) is 43.3 Å². The minimum Gasteiger partial charge on any atom is -0.393 e. The SMILES string of the molecule is CCCCCCC/C=C/[C@@H]1O[C@@H]2[C@@H](C=C1C)[C@@H]1C[C@H](O)CC1=C[C@H]2O. The summed E-state index contributed by atoms with van der Waals surface area (Å²) in [6.07, 6.45) is 16.7.